The maximum atomic E-state index is 12.2. The van der Waals surface area contributed by atoms with Crippen molar-refractivity contribution in [3.8, 4) is 5.75 Å². The van der Waals surface area contributed by atoms with E-state index in [2.05, 4.69) is 5.32 Å². The number of anilines is 1. The number of hydrogen-bond donors (Lipinski definition) is 3. The van der Waals surface area contributed by atoms with Crippen LogP contribution in [-0.2, 0) is 9.53 Å². The normalized spacial score (nSPS) is 20.6. The third-order valence-electron chi connectivity index (χ3n) is 3.48. The number of primary amides is 1. The van der Waals surface area contributed by atoms with E-state index in [0.717, 1.165) is 0 Å². The van der Waals surface area contributed by atoms with Crippen LogP contribution in [0.1, 0.15) is 23.2 Å². The van der Waals surface area contributed by atoms with E-state index < -0.39 is 12.0 Å². The maximum absolute atomic E-state index is 12.2. The lowest BCUT2D eigenvalue weighted by molar-refractivity contribution is -0.128. The summed E-state index contributed by atoms with van der Waals surface area (Å²) in [7, 11) is 1.44. The van der Waals surface area contributed by atoms with Crippen LogP contribution in [-0.4, -0.2) is 37.7 Å². The highest BCUT2D eigenvalue weighted by Crippen LogP contribution is 2.28. The minimum atomic E-state index is -0.581. The van der Waals surface area contributed by atoms with Crippen molar-refractivity contribution < 1.29 is 19.1 Å². The van der Waals surface area contributed by atoms with Gasteiger partial charge < -0.3 is 26.3 Å². The minimum Gasteiger partial charge on any atom is -0.496 e. The number of hydrogen-bond acceptors (Lipinski definition) is 5. The zero-order chi connectivity index (χ0) is 16.3. The largest absolute Gasteiger partial charge is 0.496 e. The summed E-state index contributed by atoms with van der Waals surface area (Å²) in [5.41, 5.74) is 11.5. The van der Waals surface area contributed by atoms with Crippen LogP contribution in [0.4, 0.5) is 5.69 Å². The van der Waals surface area contributed by atoms with E-state index in [1.807, 2.05) is 0 Å². The summed E-state index contributed by atoms with van der Waals surface area (Å²) in [6.45, 7) is 0.272. The van der Waals surface area contributed by atoms with Crippen molar-refractivity contribution in [2.45, 2.75) is 25.0 Å². The fourth-order valence-corrected chi connectivity index (χ4v) is 2.45. The summed E-state index contributed by atoms with van der Waals surface area (Å²) in [4.78, 5) is 23.2. The van der Waals surface area contributed by atoms with Crippen molar-refractivity contribution in [1.82, 2.24) is 5.32 Å². The molecule has 0 bridgehead atoms. The van der Waals surface area contributed by atoms with Crippen molar-refractivity contribution in [3.05, 3.63) is 22.7 Å². The quantitative estimate of drug-likeness (QED) is 0.688. The molecule has 1 aliphatic rings. The highest BCUT2D eigenvalue weighted by Gasteiger charge is 2.29. The smallest absolute Gasteiger partial charge is 0.255 e. The van der Waals surface area contributed by atoms with Crippen molar-refractivity contribution in [2.24, 2.45) is 5.73 Å². The van der Waals surface area contributed by atoms with Crippen molar-refractivity contribution in [1.29, 1.82) is 0 Å². The molecule has 0 aliphatic carbocycles. The predicted molar refractivity (Wildman–Crippen MR) is 81.8 cm³/mol. The first-order chi connectivity index (χ1) is 10.4. The first kappa shape index (κ1) is 16.4. The van der Waals surface area contributed by atoms with Crippen LogP contribution in [0.2, 0.25) is 5.02 Å². The van der Waals surface area contributed by atoms with Gasteiger partial charge in [-0.2, -0.15) is 0 Å². The Labute approximate surface area is 132 Å². The number of benzene rings is 1. The van der Waals surface area contributed by atoms with Gasteiger partial charge in [0.25, 0.3) is 5.91 Å². The number of amides is 2. The van der Waals surface area contributed by atoms with Crippen LogP contribution in [0.3, 0.4) is 0 Å². The lowest BCUT2D eigenvalue weighted by Crippen LogP contribution is -2.34. The van der Waals surface area contributed by atoms with E-state index in [1.54, 1.807) is 0 Å². The molecule has 0 aromatic heterocycles. The van der Waals surface area contributed by atoms with Gasteiger partial charge in [-0.1, -0.05) is 11.6 Å². The molecule has 1 heterocycles. The van der Waals surface area contributed by atoms with Crippen molar-refractivity contribution >= 4 is 29.1 Å². The molecule has 1 aliphatic heterocycles. The summed E-state index contributed by atoms with van der Waals surface area (Å²) in [5.74, 6) is -0.507. The van der Waals surface area contributed by atoms with E-state index in [-0.39, 0.29) is 29.1 Å². The summed E-state index contributed by atoms with van der Waals surface area (Å²) >= 11 is 5.93. The van der Waals surface area contributed by atoms with Gasteiger partial charge in [0.15, 0.2) is 0 Å². The van der Waals surface area contributed by atoms with Crippen LogP contribution >= 0.6 is 11.6 Å². The fraction of sp³-hybridized carbons (Fsp3) is 0.429. The third kappa shape index (κ3) is 3.61. The van der Waals surface area contributed by atoms with Gasteiger partial charge in [0.2, 0.25) is 5.91 Å². The number of nitrogen functional groups attached to an aromatic ring is 1. The standard InChI is InChI=1S/C14H18ClN3O4/c1-21-12-5-10(16)9(15)4-8(12)14(20)18-6-7-2-3-11(22-7)13(17)19/h4-5,7,11H,2-3,6,16H2,1H3,(H2,17,19)(H,18,20). The lowest BCUT2D eigenvalue weighted by atomic mass is 10.1. The second-order valence-corrected chi connectivity index (χ2v) is 5.42. The highest BCUT2D eigenvalue weighted by molar-refractivity contribution is 6.33. The molecule has 0 radical (unpaired) electrons. The molecule has 120 valence electrons. The monoisotopic (exact) mass is 327 g/mol. The number of methoxy groups -OCH3 is 1. The van der Waals surface area contributed by atoms with E-state index in [4.69, 9.17) is 32.5 Å². The molecule has 1 saturated heterocycles. The SMILES string of the molecule is COc1cc(N)c(Cl)cc1C(=O)NCC1CCC(C(N)=O)O1. The molecule has 2 rings (SSSR count). The highest BCUT2D eigenvalue weighted by atomic mass is 35.5. The molecule has 2 unspecified atom stereocenters. The molecule has 8 heteroatoms. The van der Waals surface area contributed by atoms with Gasteiger partial charge in [0, 0.05) is 12.6 Å². The molecule has 7 nitrogen and oxygen atoms in total. The molecule has 0 spiro atoms. The first-order valence-electron chi connectivity index (χ1n) is 6.78. The number of carbonyl (C=O) groups is 2. The topological polar surface area (TPSA) is 117 Å². The van der Waals surface area contributed by atoms with E-state index >= 15 is 0 Å². The van der Waals surface area contributed by atoms with Gasteiger partial charge >= 0.3 is 0 Å². The lowest BCUT2D eigenvalue weighted by Gasteiger charge is -2.14. The number of rotatable bonds is 5. The van der Waals surface area contributed by atoms with Crippen LogP contribution in [0.15, 0.2) is 12.1 Å². The molecular weight excluding hydrogens is 310 g/mol. The van der Waals surface area contributed by atoms with Crippen LogP contribution < -0.4 is 21.5 Å². The Hall–Kier alpha value is -1.99. The van der Waals surface area contributed by atoms with E-state index in [1.165, 1.54) is 19.2 Å². The molecule has 22 heavy (non-hydrogen) atoms. The van der Waals surface area contributed by atoms with Gasteiger partial charge in [0.1, 0.15) is 11.9 Å². The molecule has 1 aromatic rings. The number of nitrogens with one attached hydrogen (secondary N) is 1. The number of halogens is 1. The molecule has 5 N–H and O–H groups in total. The predicted octanol–water partition coefficient (Wildman–Crippen LogP) is 0.693. The zero-order valence-electron chi connectivity index (χ0n) is 12.1. The van der Waals surface area contributed by atoms with Gasteiger partial charge in [-0.15, -0.1) is 0 Å². The molecule has 1 aromatic carbocycles. The Morgan fingerprint density at radius 2 is 2.18 bits per heavy atom. The van der Waals surface area contributed by atoms with Crippen LogP contribution in [0.25, 0.3) is 0 Å². The Bertz CT molecular complexity index is 594. The van der Waals surface area contributed by atoms with Gasteiger partial charge in [-0.3, -0.25) is 9.59 Å². The average Bonchev–Trinajstić information content (AvgIpc) is 2.96. The Kier molecular flexibility index (Phi) is 5.10. The fourth-order valence-electron chi connectivity index (χ4n) is 2.28. The Morgan fingerprint density at radius 3 is 2.77 bits per heavy atom. The summed E-state index contributed by atoms with van der Waals surface area (Å²) in [6, 6.07) is 2.94. The number of carbonyl (C=O) groups excluding carboxylic acids is 2. The second-order valence-electron chi connectivity index (χ2n) is 5.01. The van der Waals surface area contributed by atoms with Crippen molar-refractivity contribution in [3.63, 3.8) is 0 Å². The van der Waals surface area contributed by atoms with Crippen LogP contribution in [0.5, 0.6) is 5.75 Å². The molecular formula is C14H18ClN3O4. The zero-order valence-corrected chi connectivity index (χ0v) is 12.9. The van der Waals surface area contributed by atoms with Crippen molar-refractivity contribution in [2.75, 3.05) is 19.4 Å². The Balaban J connectivity index is 1.98. The maximum Gasteiger partial charge on any atom is 0.255 e. The van der Waals surface area contributed by atoms with Gasteiger partial charge in [-0.05, 0) is 18.9 Å². The number of nitrogens with two attached hydrogens (primary N) is 2. The van der Waals surface area contributed by atoms with Gasteiger partial charge in [-0.25, -0.2) is 0 Å². The summed E-state index contributed by atoms with van der Waals surface area (Å²) < 4.78 is 10.6. The first-order valence-corrected chi connectivity index (χ1v) is 7.16. The molecule has 2 amide bonds. The average molecular weight is 328 g/mol. The third-order valence-corrected chi connectivity index (χ3v) is 3.81. The van der Waals surface area contributed by atoms with Crippen LogP contribution in [0, 0.1) is 0 Å². The summed E-state index contributed by atoms with van der Waals surface area (Å²) in [5, 5.41) is 3.00. The van der Waals surface area contributed by atoms with E-state index in [0.29, 0.717) is 24.3 Å². The molecule has 1 fully saturated rings. The molecule has 0 saturated carbocycles. The summed E-state index contributed by atoms with van der Waals surface area (Å²) in [6.07, 6.45) is 0.402. The number of ether oxygens (including phenoxy) is 2. The Morgan fingerprint density at radius 1 is 1.45 bits per heavy atom. The van der Waals surface area contributed by atoms with Gasteiger partial charge in [0.05, 0.1) is 29.5 Å². The van der Waals surface area contributed by atoms with E-state index in [9.17, 15) is 9.59 Å². The minimum absolute atomic E-state index is 0.239. The second kappa shape index (κ2) is 6.85. The molecule has 2 atom stereocenters.